The second-order valence-corrected chi connectivity index (χ2v) is 5.73. The Morgan fingerprint density at radius 2 is 1.95 bits per heavy atom. The fraction of sp³-hybridized carbons (Fsp3) is 0.529. The first-order valence-electron chi connectivity index (χ1n) is 7.32. The molecule has 1 unspecified atom stereocenters. The van der Waals surface area contributed by atoms with Gasteiger partial charge in [0, 0.05) is 6.61 Å². The summed E-state index contributed by atoms with van der Waals surface area (Å²) in [7, 11) is 0. The predicted octanol–water partition coefficient (Wildman–Crippen LogP) is 4.24. The molecule has 102 valence electrons. The van der Waals surface area contributed by atoms with Crippen LogP contribution in [0.25, 0.3) is 6.08 Å². The van der Waals surface area contributed by atoms with Crippen molar-refractivity contribution < 1.29 is 9.13 Å². The highest BCUT2D eigenvalue weighted by Gasteiger charge is 2.37. The number of halogens is 1. The van der Waals surface area contributed by atoms with E-state index in [2.05, 4.69) is 24.3 Å². The van der Waals surface area contributed by atoms with Gasteiger partial charge in [0.2, 0.25) is 0 Å². The molecule has 0 amide bonds. The second-order valence-electron chi connectivity index (χ2n) is 5.73. The fourth-order valence-electron chi connectivity index (χ4n) is 3.44. The van der Waals surface area contributed by atoms with Crippen LogP contribution in [0.3, 0.4) is 0 Å². The molecule has 3 rings (SSSR count). The van der Waals surface area contributed by atoms with E-state index < -0.39 is 6.17 Å². The fourth-order valence-corrected chi connectivity index (χ4v) is 3.44. The molecule has 1 aliphatic heterocycles. The molecule has 0 radical (unpaired) electrons. The van der Waals surface area contributed by atoms with Crippen molar-refractivity contribution >= 4 is 6.08 Å². The molecule has 0 bridgehead atoms. The van der Waals surface area contributed by atoms with E-state index in [-0.39, 0.29) is 6.10 Å². The lowest BCUT2D eigenvalue weighted by molar-refractivity contribution is -0.0567. The molecule has 2 fully saturated rings. The third kappa shape index (κ3) is 3.06. The molecule has 2 heteroatoms. The Balaban J connectivity index is 1.68. The van der Waals surface area contributed by atoms with E-state index in [1.807, 2.05) is 18.2 Å². The topological polar surface area (TPSA) is 9.23 Å². The summed E-state index contributed by atoms with van der Waals surface area (Å²) in [6, 6.07) is 10.3. The molecule has 4 atom stereocenters. The number of benzene rings is 1. The Morgan fingerprint density at radius 3 is 2.79 bits per heavy atom. The molecule has 19 heavy (non-hydrogen) atoms. The molecular formula is C17H21FO. The Kier molecular flexibility index (Phi) is 3.97. The third-order valence-corrected chi connectivity index (χ3v) is 4.48. The largest absolute Gasteiger partial charge is 0.374 e. The molecule has 0 N–H and O–H groups in total. The van der Waals surface area contributed by atoms with Gasteiger partial charge in [-0.25, -0.2) is 4.39 Å². The van der Waals surface area contributed by atoms with Crippen LogP contribution in [0.1, 0.15) is 31.2 Å². The van der Waals surface area contributed by atoms with Crippen LogP contribution in [-0.4, -0.2) is 18.9 Å². The van der Waals surface area contributed by atoms with Crippen molar-refractivity contribution in [2.75, 3.05) is 6.61 Å². The van der Waals surface area contributed by atoms with Crippen LogP contribution in [-0.2, 0) is 4.74 Å². The number of hydrogen-bond donors (Lipinski definition) is 0. The van der Waals surface area contributed by atoms with Crippen LogP contribution in [0.5, 0.6) is 0 Å². The maximum Gasteiger partial charge on any atom is 0.100 e. The molecule has 1 aromatic carbocycles. The SMILES string of the molecule is FC1CC[C@H]2[C@@H](CCO[C@@H]2/C=C/c2ccccc2)C1. The molecule has 2 aliphatic rings. The van der Waals surface area contributed by atoms with Crippen molar-refractivity contribution in [1.82, 2.24) is 0 Å². The molecular weight excluding hydrogens is 239 g/mol. The van der Waals surface area contributed by atoms with Crippen LogP contribution < -0.4 is 0 Å². The molecule has 1 nitrogen and oxygen atoms in total. The summed E-state index contributed by atoms with van der Waals surface area (Å²) in [5, 5.41) is 0. The number of hydrogen-bond acceptors (Lipinski definition) is 1. The smallest absolute Gasteiger partial charge is 0.100 e. The second kappa shape index (κ2) is 5.87. The van der Waals surface area contributed by atoms with Crippen LogP contribution in [0.15, 0.2) is 36.4 Å². The minimum Gasteiger partial charge on any atom is -0.374 e. The van der Waals surface area contributed by atoms with Gasteiger partial charge in [-0.05, 0) is 43.1 Å². The van der Waals surface area contributed by atoms with Crippen LogP contribution in [0, 0.1) is 11.8 Å². The standard InChI is InChI=1S/C17H21FO/c18-15-7-8-16-14(12-15)10-11-19-17(16)9-6-13-4-2-1-3-5-13/h1-6,9,14-17H,7-8,10-12H2/b9-6+/t14-,15?,16-,17+/m0/s1. The summed E-state index contributed by atoms with van der Waals surface area (Å²) in [6.07, 6.45) is 7.34. The zero-order valence-electron chi connectivity index (χ0n) is 11.2. The van der Waals surface area contributed by atoms with Gasteiger partial charge in [0.1, 0.15) is 6.17 Å². The first kappa shape index (κ1) is 12.9. The number of rotatable bonds is 2. The van der Waals surface area contributed by atoms with Gasteiger partial charge in [-0.2, -0.15) is 0 Å². The average molecular weight is 260 g/mol. The first-order chi connectivity index (χ1) is 9.33. The Labute approximate surface area is 114 Å². The lowest BCUT2D eigenvalue weighted by Gasteiger charge is -2.41. The lowest BCUT2D eigenvalue weighted by atomic mass is 9.72. The minimum absolute atomic E-state index is 0.173. The van der Waals surface area contributed by atoms with Gasteiger partial charge in [-0.15, -0.1) is 0 Å². The molecule has 1 aliphatic carbocycles. The van der Waals surface area contributed by atoms with Crippen molar-refractivity contribution in [3.8, 4) is 0 Å². The zero-order valence-corrected chi connectivity index (χ0v) is 11.2. The van der Waals surface area contributed by atoms with Crippen molar-refractivity contribution in [1.29, 1.82) is 0 Å². The monoisotopic (exact) mass is 260 g/mol. The summed E-state index contributed by atoms with van der Waals surface area (Å²) >= 11 is 0. The maximum absolute atomic E-state index is 13.5. The van der Waals surface area contributed by atoms with Gasteiger partial charge in [0.15, 0.2) is 0 Å². The quantitative estimate of drug-likeness (QED) is 0.772. The van der Waals surface area contributed by atoms with Crippen molar-refractivity contribution in [2.45, 2.75) is 38.0 Å². The first-order valence-corrected chi connectivity index (χ1v) is 7.32. The normalized spacial score (nSPS) is 35.2. The van der Waals surface area contributed by atoms with Gasteiger partial charge in [0.25, 0.3) is 0 Å². The van der Waals surface area contributed by atoms with Crippen molar-refractivity contribution in [3.05, 3.63) is 42.0 Å². The van der Waals surface area contributed by atoms with E-state index >= 15 is 0 Å². The number of ether oxygens (including phenoxy) is 1. The minimum atomic E-state index is -0.585. The van der Waals surface area contributed by atoms with E-state index in [1.165, 1.54) is 5.56 Å². The van der Waals surface area contributed by atoms with Crippen LogP contribution in [0.2, 0.25) is 0 Å². The van der Waals surface area contributed by atoms with E-state index in [1.54, 1.807) is 0 Å². The highest BCUT2D eigenvalue weighted by Crippen LogP contribution is 2.40. The third-order valence-electron chi connectivity index (χ3n) is 4.48. The summed E-state index contributed by atoms with van der Waals surface area (Å²) in [6.45, 7) is 0.775. The molecule has 0 spiro atoms. The molecule has 1 saturated heterocycles. The summed E-state index contributed by atoms with van der Waals surface area (Å²) < 4.78 is 19.4. The summed E-state index contributed by atoms with van der Waals surface area (Å²) in [5.74, 6) is 1.03. The lowest BCUT2D eigenvalue weighted by Crippen LogP contribution is -2.39. The average Bonchev–Trinajstić information content (AvgIpc) is 2.45. The van der Waals surface area contributed by atoms with Gasteiger partial charge >= 0.3 is 0 Å². The Hall–Kier alpha value is -1.15. The van der Waals surface area contributed by atoms with Crippen molar-refractivity contribution in [2.24, 2.45) is 11.8 Å². The van der Waals surface area contributed by atoms with E-state index in [9.17, 15) is 4.39 Å². The maximum atomic E-state index is 13.5. The number of fused-ring (bicyclic) bond motifs is 1. The molecule has 0 aromatic heterocycles. The highest BCUT2D eigenvalue weighted by molar-refractivity contribution is 5.49. The predicted molar refractivity (Wildman–Crippen MR) is 75.6 cm³/mol. The highest BCUT2D eigenvalue weighted by atomic mass is 19.1. The van der Waals surface area contributed by atoms with Gasteiger partial charge in [0.05, 0.1) is 6.10 Å². The molecule has 1 heterocycles. The molecule has 1 aromatic rings. The van der Waals surface area contributed by atoms with Gasteiger partial charge in [-0.3, -0.25) is 0 Å². The van der Waals surface area contributed by atoms with Crippen LogP contribution in [0.4, 0.5) is 4.39 Å². The van der Waals surface area contributed by atoms with Crippen molar-refractivity contribution in [3.63, 3.8) is 0 Å². The molecule has 1 saturated carbocycles. The Morgan fingerprint density at radius 1 is 1.11 bits per heavy atom. The van der Waals surface area contributed by atoms with Gasteiger partial charge in [-0.1, -0.05) is 42.5 Å². The summed E-state index contributed by atoms with van der Waals surface area (Å²) in [5.41, 5.74) is 1.20. The van der Waals surface area contributed by atoms with Gasteiger partial charge < -0.3 is 4.74 Å². The van der Waals surface area contributed by atoms with E-state index in [4.69, 9.17) is 4.74 Å². The van der Waals surface area contributed by atoms with E-state index in [0.717, 1.165) is 25.9 Å². The van der Waals surface area contributed by atoms with E-state index in [0.29, 0.717) is 18.3 Å². The number of alkyl halides is 1. The van der Waals surface area contributed by atoms with Crippen LogP contribution >= 0.6 is 0 Å². The summed E-state index contributed by atoms with van der Waals surface area (Å²) in [4.78, 5) is 0. The Bertz CT molecular complexity index is 428. The zero-order chi connectivity index (χ0) is 13.1.